The van der Waals surface area contributed by atoms with E-state index in [1.165, 1.54) is 0 Å². The summed E-state index contributed by atoms with van der Waals surface area (Å²) in [6.45, 7) is 3.93. The molecule has 4 heteroatoms. The fraction of sp³-hybridized carbons (Fsp3) is 0.200. The lowest BCUT2D eigenvalue weighted by Crippen LogP contribution is -2.07. The van der Waals surface area contributed by atoms with Crippen molar-refractivity contribution >= 4 is 15.9 Å². The smallest absolute Gasteiger partial charge is 0.231 e. The van der Waals surface area contributed by atoms with E-state index in [1.54, 1.807) is 6.08 Å². The molecule has 2 N–H and O–H groups in total. The normalized spacial score (nSPS) is 15.3. The Bertz CT molecular complexity index is 379. The summed E-state index contributed by atoms with van der Waals surface area (Å²) in [4.78, 5) is 0. The maximum absolute atomic E-state index is 5.84. The monoisotopic (exact) mass is 255 g/mol. The van der Waals surface area contributed by atoms with Crippen LogP contribution in [0, 0.1) is 0 Å². The Morgan fingerprint density at radius 2 is 2.07 bits per heavy atom. The van der Waals surface area contributed by atoms with Gasteiger partial charge in [0.05, 0.1) is 0 Å². The van der Waals surface area contributed by atoms with Gasteiger partial charge in [-0.15, -0.1) is 6.58 Å². The number of halogens is 1. The Morgan fingerprint density at radius 3 is 2.71 bits per heavy atom. The number of benzene rings is 1. The molecule has 1 atom stereocenters. The summed E-state index contributed by atoms with van der Waals surface area (Å²) in [6.07, 6.45) is 1.68. The highest BCUT2D eigenvalue weighted by Gasteiger charge is 2.17. The topological polar surface area (TPSA) is 44.5 Å². The van der Waals surface area contributed by atoms with Crippen LogP contribution in [0.1, 0.15) is 11.6 Å². The number of ether oxygens (including phenoxy) is 2. The molecular formula is C10H10BrNO2. The van der Waals surface area contributed by atoms with Crippen LogP contribution in [0.2, 0.25) is 0 Å². The molecule has 74 valence electrons. The third-order valence-corrected chi connectivity index (χ3v) is 2.79. The van der Waals surface area contributed by atoms with Gasteiger partial charge in [0.2, 0.25) is 6.79 Å². The van der Waals surface area contributed by atoms with Crippen LogP contribution in [-0.2, 0) is 0 Å². The van der Waals surface area contributed by atoms with Crippen LogP contribution < -0.4 is 15.2 Å². The van der Waals surface area contributed by atoms with Crippen molar-refractivity contribution in [1.82, 2.24) is 0 Å². The van der Waals surface area contributed by atoms with Gasteiger partial charge in [-0.25, -0.2) is 0 Å². The third-order valence-electron chi connectivity index (χ3n) is 2.10. The van der Waals surface area contributed by atoms with Crippen LogP contribution in [0.5, 0.6) is 11.5 Å². The minimum absolute atomic E-state index is 0.195. The zero-order chi connectivity index (χ0) is 10.1. The summed E-state index contributed by atoms with van der Waals surface area (Å²) >= 11 is 3.43. The zero-order valence-electron chi connectivity index (χ0n) is 7.50. The first-order valence-corrected chi connectivity index (χ1v) is 4.99. The van der Waals surface area contributed by atoms with Gasteiger partial charge in [0, 0.05) is 10.5 Å². The van der Waals surface area contributed by atoms with Crippen LogP contribution in [0.4, 0.5) is 0 Å². The van der Waals surface area contributed by atoms with E-state index in [0.29, 0.717) is 0 Å². The second-order valence-electron chi connectivity index (χ2n) is 2.99. The van der Waals surface area contributed by atoms with Gasteiger partial charge in [0.1, 0.15) is 0 Å². The Kier molecular flexibility index (Phi) is 2.48. The molecule has 0 aliphatic carbocycles. The number of nitrogens with two attached hydrogens (primary N) is 1. The molecule has 0 spiro atoms. The van der Waals surface area contributed by atoms with E-state index in [2.05, 4.69) is 22.5 Å². The summed E-state index contributed by atoms with van der Waals surface area (Å²) in [5, 5.41) is 0. The maximum atomic E-state index is 5.84. The second kappa shape index (κ2) is 3.63. The van der Waals surface area contributed by atoms with Gasteiger partial charge in [-0.3, -0.25) is 0 Å². The summed E-state index contributed by atoms with van der Waals surface area (Å²) in [5.41, 5.74) is 6.79. The molecule has 0 fully saturated rings. The molecule has 1 heterocycles. The molecule has 0 bridgehead atoms. The lowest BCUT2D eigenvalue weighted by molar-refractivity contribution is 0.174. The van der Waals surface area contributed by atoms with E-state index >= 15 is 0 Å². The highest BCUT2D eigenvalue weighted by Crippen LogP contribution is 2.38. The quantitative estimate of drug-likeness (QED) is 0.826. The van der Waals surface area contributed by atoms with Crippen LogP contribution in [0.15, 0.2) is 29.3 Å². The average Bonchev–Trinajstić information content (AvgIpc) is 2.62. The minimum Gasteiger partial charge on any atom is -0.454 e. The van der Waals surface area contributed by atoms with Crippen molar-refractivity contribution in [3.63, 3.8) is 0 Å². The van der Waals surface area contributed by atoms with E-state index in [9.17, 15) is 0 Å². The average molecular weight is 256 g/mol. The van der Waals surface area contributed by atoms with Crippen LogP contribution in [-0.4, -0.2) is 6.79 Å². The summed E-state index contributed by atoms with van der Waals surface area (Å²) < 4.78 is 11.4. The maximum Gasteiger partial charge on any atom is 0.231 e. The van der Waals surface area contributed by atoms with Gasteiger partial charge in [0.15, 0.2) is 11.5 Å². The summed E-state index contributed by atoms with van der Waals surface area (Å²) in [6, 6.07) is 3.54. The fourth-order valence-corrected chi connectivity index (χ4v) is 1.90. The molecule has 1 unspecified atom stereocenters. The molecule has 1 aromatic rings. The summed E-state index contributed by atoms with van der Waals surface area (Å²) in [5.74, 6) is 1.48. The van der Waals surface area contributed by atoms with Crippen molar-refractivity contribution in [3.8, 4) is 11.5 Å². The molecule has 0 radical (unpaired) electrons. The van der Waals surface area contributed by atoms with E-state index in [1.807, 2.05) is 12.1 Å². The van der Waals surface area contributed by atoms with Gasteiger partial charge in [0.25, 0.3) is 0 Å². The molecule has 14 heavy (non-hydrogen) atoms. The Balaban J connectivity index is 2.47. The SMILES string of the molecule is C=CC(N)c1cc2c(cc1Br)OCO2. The minimum atomic E-state index is -0.195. The first-order chi connectivity index (χ1) is 6.72. The molecule has 1 aliphatic rings. The Morgan fingerprint density at radius 1 is 1.43 bits per heavy atom. The standard InChI is InChI=1S/C10H10BrNO2/c1-2-8(12)6-3-9-10(4-7(6)11)14-5-13-9/h2-4,8H,1,5,12H2. The van der Waals surface area contributed by atoms with E-state index in [-0.39, 0.29) is 12.8 Å². The highest BCUT2D eigenvalue weighted by atomic mass is 79.9. The molecule has 0 aromatic heterocycles. The molecule has 1 aromatic carbocycles. The first-order valence-electron chi connectivity index (χ1n) is 4.19. The van der Waals surface area contributed by atoms with Crippen LogP contribution in [0.25, 0.3) is 0 Å². The Labute approximate surface area is 90.6 Å². The first kappa shape index (κ1) is 9.55. The van der Waals surface area contributed by atoms with Gasteiger partial charge in [-0.05, 0) is 17.7 Å². The predicted molar refractivity (Wildman–Crippen MR) is 57.4 cm³/mol. The van der Waals surface area contributed by atoms with E-state index in [0.717, 1.165) is 21.5 Å². The molecule has 0 amide bonds. The lowest BCUT2D eigenvalue weighted by Gasteiger charge is -2.10. The van der Waals surface area contributed by atoms with Gasteiger partial charge in [-0.2, -0.15) is 0 Å². The van der Waals surface area contributed by atoms with E-state index < -0.39 is 0 Å². The summed E-state index contributed by atoms with van der Waals surface area (Å²) in [7, 11) is 0. The van der Waals surface area contributed by atoms with Crippen LogP contribution in [0.3, 0.4) is 0 Å². The third kappa shape index (κ3) is 1.51. The molecule has 0 saturated carbocycles. The van der Waals surface area contributed by atoms with Crippen molar-refractivity contribution in [3.05, 3.63) is 34.8 Å². The fourth-order valence-electron chi connectivity index (χ4n) is 1.32. The van der Waals surface area contributed by atoms with E-state index in [4.69, 9.17) is 15.2 Å². The highest BCUT2D eigenvalue weighted by molar-refractivity contribution is 9.10. The second-order valence-corrected chi connectivity index (χ2v) is 3.84. The number of hydrogen-bond acceptors (Lipinski definition) is 3. The molecule has 3 nitrogen and oxygen atoms in total. The molecular weight excluding hydrogens is 246 g/mol. The van der Waals surface area contributed by atoms with Crippen molar-refractivity contribution in [1.29, 1.82) is 0 Å². The molecule has 1 aliphatic heterocycles. The number of rotatable bonds is 2. The lowest BCUT2D eigenvalue weighted by atomic mass is 10.1. The van der Waals surface area contributed by atoms with Crippen molar-refractivity contribution < 1.29 is 9.47 Å². The number of hydrogen-bond donors (Lipinski definition) is 1. The van der Waals surface area contributed by atoms with Gasteiger partial charge < -0.3 is 15.2 Å². The van der Waals surface area contributed by atoms with Crippen molar-refractivity contribution in [2.45, 2.75) is 6.04 Å². The van der Waals surface area contributed by atoms with Crippen LogP contribution >= 0.6 is 15.9 Å². The zero-order valence-corrected chi connectivity index (χ0v) is 9.08. The predicted octanol–water partition coefficient (Wildman–Crippen LogP) is 2.36. The van der Waals surface area contributed by atoms with Crippen molar-refractivity contribution in [2.24, 2.45) is 5.73 Å². The van der Waals surface area contributed by atoms with Gasteiger partial charge in [-0.1, -0.05) is 22.0 Å². The number of fused-ring (bicyclic) bond motifs is 1. The largest absolute Gasteiger partial charge is 0.454 e. The van der Waals surface area contributed by atoms with Crippen molar-refractivity contribution in [2.75, 3.05) is 6.79 Å². The van der Waals surface area contributed by atoms with Gasteiger partial charge >= 0.3 is 0 Å². The Hall–Kier alpha value is -1.00. The molecule has 2 rings (SSSR count). The molecule has 0 saturated heterocycles.